The van der Waals surface area contributed by atoms with E-state index in [1.54, 1.807) is 55.6 Å². The normalized spacial score (nSPS) is 9.84. The van der Waals surface area contributed by atoms with Crippen LogP contribution in [0.25, 0.3) is 0 Å². The molecule has 11 heteroatoms. The molecule has 1 rings (SSSR count). The molecule has 0 saturated carbocycles. The number of carbonyl (C=O) groups is 4. The Labute approximate surface area is 237 Å². The van der Waals surface area contributed by atoms with E-state index in [1.807, 2.05) is 0 Å². The molecule has 0 atom stereocenters. The molecule has 0 bridgehead atoms. The van der Waals surface area contributed by atoms with Crippen LogP contribution in [0.2, 0.25) is 0 Å². The van der Waals surface area contributed by atoms with Crippen molar-refractivity contribution in [1.82, 2.24) is 0 Å². The summed E-state index contributed by atoms with van der Waals surface area (Å²) in [5, 5.41) is 29.2. The minimum atomic E-state index is -1.54. The van der Waals surface area contributed by atoms with Gasteiger partial charge in [-0.3, -0.25) is 9.59 Å². The number of Topliss-reactive ketones (excluding diaryl/α,β-unsaturated/α-hetero) is 2. The van der Waals surface area contributed by atoms with Crippen molar-refractivity contribution in [3.05, 3.63) is 24.3 Å². The van der Waals surface area contributed by atoms with Gasteiger partial charge < -0.3 is 30.1 Å². The Bertz CT molecular complexity index is 776. The van der Waals surface area contributed by atoms with Gasteiger partial charge in [0, 0.05) is 36.5 Å². The maximum Gasteiger partial charge on any atom is 0.488 e. The molecule has 1 amide bonds. The molecule has 38 heavy (non-hydrogen) atoms. The first-order valence-electron chi connectivity index (χ1n) is 13.1. The van der Waals surface area contributed by atoms with Crippen LogP contribution < -0.4 is 10.8 Å². The average Bonchev–Trinajstić information content (AvgIpc) is 2.83. The number of carbonyl (C=O) groups excluding carboxylic acids is 3. The zero-order valence-corrected chi connectivity index (χ0v) is 25.0. The molecule has 0 aliphatic heterocycles. The monoisotopic (exact) mass is 571 g/mol. The zero-order chi connectivity index (χ0) is 29.2. The zero-order valence-electron chi connectivity index (χ0n) is 23.4. The van der Waals surface area contributed by atoms with E-state index >= 15 is 0 Å². The molecule has 8 nitrogen and oxygen atoms in total. The Kier molecular flexibility index (Phi) is 27.0. The largest absolute Gasteiger partial charge is 0.488 e. The first kappa shape index (κ1) is 38.3. The first-order chi connectivity index (χ1) is 18.0. The van der Waals surface area contributed by atoms with E-state index in [0.717, 1.165) is 42.9 Å². The molecule has 0 radical (unpaired) electrons. The third-order valence-electron chi connectivity index (χ3n) is 4.54. The summed E-state index contributed by atoms with van der Waals surface area (Å²) in [6.07, 6.45) is 7.00. The summed E-state index contributed by atoms with van der Waals surface area (Å²) in [6.45, 7) is 7.44. The van der Waals surface area contributed by atoms with Gasteiger partial charge in [-0.2, -0.15) is 23.5 Å². The highest BCUT2D eigenvalue weighted by molar-refractivity contribution is 7.99. The van der Waals surface area contributed by atoms with Crippen LogP contribution in [-0.2, 0) is 19.2 Å². The lowest BCUT2D eigenvalue weighted by Gasteiger charge is -2.07. The molecule has 0 heterocycles. The Hall–Kier alpha value is -1.82. The number of benzene rings is 1. The van der Waals surface area contributed by atoms with Crippen LogP contribution in [-0.4, -0.2) is 68.7 Å². The molecular formula is C27H46BNO7S2. The number of anilines is 1. The van der Waals surface area contributed by atoms with Crippen LogP contribution in [0.1, 0.15) is 85.5 Å². The van der Waals surface area contributed by atoms with Crippen LogP contribution in [0, 0.1) is 0 Å². The van der Waals surface area contributed by atoms with Crippen molar-refractivity contribution in [1.29, 1.82) is 0 Å². The van der Waals surface area contributed by atoms with Crippen LogP contribution in [0.5, 0.6) is 0 Å². The number of thioether (sulfide) groups is 2. The molecule has 0 fully saturated rings. The SMILES string of the molecule is CC(=O)CCCCSCCC(=O)Nc1cccc(B(O)O)c1.CC(=O)CCCCSCCC(=O)O.CCC. The van der Waals surface area contributed by atoms with Gasteiger partial charge in [0.2, 0.25) is 5.91 Å². The number of aliphatic carboxylic acids is 1. The number of unbranched alkanes of at least 4 members (excludes halogenated alkanes) is 2. The smallest absolute Gasteiger partial charge is 0.481 e. The van der Waals surface area contributed by atoms with Crippen molar-refractivity contribution in [2.24, 2.45) is 0 Å². The summed E-state index contributed by atoms with van der Waals surface area (Å²) < 4.78 is 0. The van der Waals surface area contributed by atoms with Crippen molar-refractivity contribution in [3.63, 3.8) is 0 Å². The Morgan fingerprint density at radius 3 is 1.74 bits per heavy atom. The fourth-order valence-electron chi connectivity index (χ4n) is 2.69. The number of carboxylic acids is 1. The van der Waals surface area contributed by atoms with Gasteiger partial charge in [-0.05, 0) is 68.6 Å². The summed E-state index contributed by atoms with van der Waals surface area (Å²) in [6, 6.07) is 6.49. The Morgan fingerprint density at radius 1 is 0.789 bits per heavy atom. The summed E-state index contributed by atoms with van der Waals surface area (Å²) in [5.41, 5.74) is 0.903. The molecule has 0 saturated heterocycles. The lowest BCUT2D eigenvalue weighted by atomic mass is 9.80. The molecule has 0 unspecified atom stereocenters. The minimum absolute atomic E-state index is 0.0965. The highest BCUT2D eigenvalue weighted by Crippen LogP contribution is 2.10. The van der Waals surface area contributed by atoms with E-state index in [9.17, 15) is 19.2 Å². The van der Waals surface area contributed by atoms with Gasteiger partial charge in [-0.25, -0.2) is 0 Å². The lowest BCUT2D eigenvalue weighted by Crippen LogP contribution is -2.30. The number of ketones is 2. The molecule has 0 spiro atoms. The molecule has 4 N–H and O–H groups in total. The number of nitrogens with one attached hydrogen (secondary N) is 1. The van der Waals surface area contributed by atoms with Gasteiger partial charge in [0.05, 0.1) is 6.42 Å². The van der Waals surface area contributed by atoms with Gasteiger partial charge in [-0.1, -0.05) is 32.4 Å². The highest BCUT2D eigenvalue weighted by atomic mass is 32.2. The van der Waals surface area contributed by atoms with E-state index in [1.165, 1.54) is 12.5 Å². The van der Waals surface area contributed by atoms with E-state index in [-0.39, 0.29) is 23.9 Å². The van der Waals surface area contributed by atoms with Crippen molar-refractivity contribution in [3.8, 4) is 0 Å². The highest BCUT2D eigenvalue weighted by Gasteiger charge is 2.11. The predicted octanol–water partition coefficient (Wildman–Crippen LogP) is 4.56. The van der Waals surface area contributed by atoms with Crippen LogP contribution in [0.15, 0.2) is 24.3 Å². The van der Waals surface area contributed by atoms with Crippen molar-refractivity contribution in [2.45, 2.75) is 85.5 Å². The third-order valence-corrected chi connectivity index (χ3v) is 6.68. The fraction of sp³-hybridized carbons (Fsp3) is 0.630. The Balaban J connectivity index is 0. The second-order valence-corrected chi connectivity index (χ2v) is 11.1. The topological polar surface area (TPSA) is 141 Å². The van der Waals surface area contributed by atoms with Gasteiger partial charge in [0.25, 0.3) is 0 Å². The molecule has 0 aliphatic carbocycles. The number of hydrogen-bond acceptors (Lipinski definition) is 8. The van der Waals surface area contributed by atoms with E-state index in [0.29, 0.717) is 36.2 Å². The van der Waals surface area contributed by atoms with Crippen molar-refractivity contribution >= 4 is 65.2 Å². The maximum absolute atomic E-state index is 11.8. The molecular weight excluding hydrogens is 525 g/mol. The van der Waals surface area contributed by atoms with Gasteiger partial charge in [0.1, 0.15) is 11.6 Å². The summed E-state index contributed by atoms with van der Waals surface area (Å²) in [7, 11) is -1.54. The molecule has 0 aliphatic rings. The van der Waals surface area contributed by atoms with E-state index in [2.05, 4.69) is 19.2 Å². The molecule has 1 aromatic rings. The number of carboxylic acid groups (broad SMARTS) is 1. The predicted molar refractivity (Wildman–Crippen MR) is 161 cm³/mol. The van der Waals surface area contributed by atoms with Crippen molar-refractivity contribution in [2.75, 3.05) is 28.3 Å². The quantitative estimate of drug-likeness (QED) is 0.147. The number of rotatable bonds is 18. The number of hydrogen-bond donors (Lipinski definition) is 4. The molecule has 0 aromatic heterocycles. The third kappa shape index (κ3) is 28.8. The molecule has 1 aromatic carbocycles. The fourth-order valence-corrected chi connectivity index (χ4v) is 4.56. The van der Waals surface area contributed by atoms with E-state index < -0.39 is 13.1 Å². The summed E-state index contributed by atoms with van der Waals surface area (Å²) in [5.74, 6) is 2.93. The van der Waals surface area contributed by atoms with E-state index in [4.69, 9.17) is 15.2 Å². The van der Waals surface area contributed by atoms with Gasteiger partial charge in [0.15, 0.2) is 0 Å². The average molecular weight is 572 g/mol. The van der Waals surface area contributed by atoms with Gasteiger partial charge >= 0.3 is 13.1 Å². The number of amides is 1. The second-order valence-electron chi connectivity index (χ2n) is 8.69. The Morgan fingerprint density at radius 2 is 1.29 bits per heavy atom. The van der Waals surface area contributed by atoms with Crippen molar-refractivity contribution < 1.29 is 34.3 Å². The van der Waals surface area contributed by atoms with Crippen LogP contribution in [0.4, 0.5) is 5.69 Å². The first-order valence-corrected chi connectivity index (χ1v) is 15.5. The standard InChI is InChI=1S/C15H22BNO4S.C9H16O3S.C3H8/c1-12(18)5-2-3-9-22-10-8-15(19)17-14-7-4-6-13(11-14)16(20)21;1-8(10)4-2-3-6-13-7-5-9(11)12;1-3-2/h4,6-7,11,20-21H,2-3,5,8-10H2,1H3,(H,17,19);2-7H2,1H3,(H,11,12);3H2,1-2H3. The summed E-state index contributed by atoms with van der Waals surface area (Å²) >= 11 is 3.34. The molecule has 216 valence electrons. The maximum atomic E-state index is 11.8. The van der Waals surface area contributed by atoms with Crippen LogP contribution >= 0.6 is 23.5 Å². The minimum Gasteiger partial charge on any atom is -0.481 e. The van der Waals surface area contributed by atoms with Gasteiger partial charge in [-0.15, -0.1) is 0 Å². The lowest BCUT2D eigenvalue weighted by molar-refractivity contribution is -0.136. The second kappa shape index (κ2) is 26.8. The summed E-state index contributed by atoms with van der Waals surface area (Å²) in [4.78, 5) is 43.2. The van der Waals surface area contributed by atoms with Crippen LogP contribution in [0.3, 0.4) is 0 Å².